The Labute approximate surface area is 188 Å². The van der Waals surface area contributed by atoms with Crippen molar-refractivity contribution in [2.75, 3.05) is 20.6 Å². The Morgan fingerprint density at radius 2 is 1.55 bits per heavy atom. The Kier molecular flexibility index (Phi) is 12.4. The van der Waals surface area contributed by atoms with Gasteiger partial charge in [0.05, 0.1) is 0 Å². The molecule has 0 amide bonds. The molecule has 0 N–H and O–H groups in total. The second-order valence-corrected chi connectivity index (χ2v) is 9.07. The van der Waals surface area contributed by atoms with Crippen molar-refractivity contribution in [1.82, 2.24) is 9.80 Å². The maximum atomic E-state index is 3.75. The van der Waals surface area contributed by atoms with Crippen molar-refractivity contribution in [3.8, 4) is 0 Å². The third-order valence-electron chi connectivity index (χ3n) is 4.95. The van der Waals surface area contributed by atoms with E-state index in [0.29, 0.717) is 12.0 Å². The van der Waals surface area contributed by atoms with Crippen molar-refractivity contribution in [1.29, 1.82) is 0 Å². The van der Waals surface area contributed by atoms with Crippen LogP contribution < -0.4 is 0 Å². The molecule has 0 radical (unpaired) electrons. The summed E-state index contributed by atoms with van der Waals surface area (Å²) < 4.78 is 1.20. The Hall–Kier alpha value is -1.16. The van der Waals surface area contributed by atoms with Gasteiger partial charge in [-0.3, -0.25) is 4.90 Å². The number of likely N-dealkylation sites (N-methyl/N-ethyl adjacent to an activating group) is 1. The van der Waals surface area contributed by atoms with Crippen LogP contribution >= 0.6 is 15.9 Å². The highest BCUT2D eigenvalue weighted by Gasteiger charge is 2.22. The number of hydrogen-bond donors (Lipinski definition) is 0. The molecule has 0 aliphatic heterocycles. The largest absolute Gasteiger partial charge is 0.308 e. The fourth-order valence-corrected chi connectivity index (χ4v) is 4.06. The van der Waals surface area contributed by atoms with E-state index in [1.54, 1.807) is 0 Å². The zero-order chi connectivity index (χ0) is 21.8. The third-order valence-corrected chi connectivity index (χ3v) is 5.73. The van der Waals surface area contributed by atoms with Crippen LogP contribution in [-0.2, 0) is 19.5 Å². The summed E-state index contributed by atoms with van der Waals surface area (Å²) in [6, 6.07) is 18.2. The number of aryl methyl sites for hydroxylation is 1. The quantitative estimate of drug-likeness (QED) is 0.375. The first-order valence-electron chi connectivity index (χ1n) is 11.1. The highest BCUT2D eigenvalue weighted by Crippen LogP contribution is 2.23. The molecular weight excluding hydrogens is 420 g/mol. The smallest absolute Gasteiger partial charge is 0.0251 e. The number of nitrogens with zero attached hydrogens (tertiary/aromatic N) is 2. The lowest BCUT2D eigenvalue weighted by atomic mass is 10.00. The lowest BCUT2D eigenvalue weighted by Crippen LogP contribution is -2.42. The fourth-order valence-electron chi connectivity index (χ4n) is 3.65. The van der Waals surface area contributed by atoms with E-state index in [-0.39, 0.29) is 0 Å². The maximum Gasteiger partial charge on any atom is 0.0251 e. The van der Waals surface area contributed by atoms with E-state index in [0.717, 1.165) is 26.1 Å². The van der Waals surface area contributed by atoms with Crippen LogP contribution in [0.15, 0.2) is 53.0 Å². The predicted molar refractivity (Wildman–Crippen MR) is 132 cm³/mol. The van der Waals surface area contributed by atoms with Gasteiger partial charge in [0.25, 0.3) is 0 Å². The lowest BCUT2D eigenvalue weighted by molar-refractivity contribution is 0.127. The van der Waals surface area contributed by atoms with E-state index < -0.39 is 0 Å². The van der Waals surface area contributed by atoms with E-state index in [1.807, 2.05) is 13.8 Å². The van der Waals surface area contributed by atoms with Gasteiger partial charge < -0.3 is 4.90 Å². The third kappa shape index (κ3) is 9.46. The Morgan fingerprint density at radius 1 is 0.897 bits per heavy atom. The van der Waals surface area contributed by atoms with Crippen molar-refractivity contribution in [3.63, 3.8) is 0 Å². The maximum absolute atomic E-state index is 3.75. The van der Waals surface area contributed by atoms with Crippen molar-refractivity contribution >= 4 is 15.9 Å². The molecule has 0 aliphatic carbocycles. The van der Waals surface area contributed by atoms with Gasteiger partial charge in [-0.15, -0.1) is 0 Å². The molecule has 29 heavy (non-hydrogen) atoms. The SMILES string of the molecule is CC.CCc1cccc(CN(Cc2ccccc2Br)[C@@H](CC(C)C)CN(C)C)c1. The molecule has 0 heterocycles. The molecule has 2 aromatic carbocycles. The van der Waals surface area contributed by atoms with Gasteiger partial charge in [0, 0.05) is 30.1 Å². The second kappa shape index (κ2) is 14.0. The van der Waals surface area contributed by atoms with Crippen LogP contribution in [0.2, 0.25) is 0 Å². The van der Waals surface area contributed by atoms with Crippen LogP contribution in [-0.4, -0.2) is 36.5 Å². The zero-order valence-electron chi connectivity index (χ0n) is 19.6. The molecule has 1 atom stereocenters. The molecule has 0 saturated heterocycles. The van der Waals surface area contributed by atoms with Crippen LogP contribution in [0, 0.1) is 5.92 Å². The standard InChI is InChI=1S/C24H35BrN2.C2H6/c1-6-20-10-9-11-21(15-20)16-27(17-22-12-7-8-13-24(22)25)23(14-19(2)3)18-26(4)5;1-2/h7-13,15,19,23H,6,14,16-18H2,1-5H3;1-2H3/t23-;/m0./s1. The summed E-state index contributed by atoms with van der Waals surface area (Å²) in [7, 11) is 4.36. The van der Waals surface area contributed by atoms with E-state index in [2.05, 4.69) is 109 Å². The minimum Gasteiger partial charge on any atom is -0.308 e. The predicted octanol–water partition coefficient (Wildman–Crippen LogP) is 7.02. The van der Waals surface area contributed by atoms with Gasteiger partial charge >= 0.3 is 0 Å². The molecule has 0 bridgehead atoms. The highest BCUT2D eigenvalue weighted by atomic mass is 79.9. The van der Waals surface area contributed by atoms with Gasteiger partial charge in [-0.2, -0.15) is 0 Å². The molecule has 0 spiro atoms. The van der Waals surface area contributed by atoms with Gasteiger partial charge in [0.15, 0.2) is 0 Å². The van der Waals surface area contributed by atoms with Gasteiger partial charge in [0.1, 0.15) is 0 Å². The average Bonchev–Trinajstić information content (AvgIpc) is 2.69. The molecule has 2 rings (SSSR count). The zero-order valence-corrected chi connectivity index (χ0v) is 21.2. The summed E-state index contributed by atoms with van der Waals surface area (Å²) in [5.74, 6) is 0.679. The number of rotatable bonds is 10. The van der Waals surface area contributed by atoms with Crippen LogP contribution in [0.25, 0.3) is 0 Å². The summed E-state index contributed by atoms with van der Waals surface area (Å²) in [6.45, 7) is 13.9. The number of hydrogen-bond acceptors (Lipinski definition) is 2. The van der Waals surface area contributed by atoms with E-state index in [1.165, 1.54) is 27.6 Å². The first kappa shape index (κ1) is 25.9. The van der Waals surface area contributed by atoms with Gasteiger partial charge in [-0.25, -0.2) is 0 Å². The molecule has 2 nitrogen and oxygen atoms in total. The highest BCUT2D eigenvalue weighted by molar-refractivity contribution is 9.10. The van der Waals surface area contributed by atoms with Crippen molar-refractivity contribution < 1.29 is 0 Å². The minimum atomic E-state index is 0.525. The van der Waals surface area contributed by atoms with Gasteiger partial charge in [-0.1, -0.05) is 93.0 Å². The Balaban J connectivity index is 0.00000204. The summed E-state index contributed by atoms with van der Waals surface area (Å²) in [4.78, 5) is 4.98. The number of halogens is 1. The van der Waals surface area contributed by atoms with E-state index in [9.17, 15) is 0 Å². The van der Waals surface area contributed by atoms with Crippen LogP contribution in [0.4, 0.5) is 0 Å². The van der Waals surface area contributed by atoms with Crippen molar-refractivity contribution in [3.05, 3.63) is 69.7 Å². The van der Waals surface area contributed by atoms with Crippen LogP contribution in [0.1, 0.15) is 57.7 Å². The van der Waals surface area contributed by atoms with E-state index in [4.69, 9.17) is 0 Å². The number of benzene rings is 2. The lowest BCUT2D eigenvalue weighted by Gasteiger charge is -2.35. The van der Waals surface area contributed by atoms with E-state index >= 15 is 0 Å². The molecule has 0 unspecified atom stereocenters. The normalized spacial score (nSPS) is 12.2. The minimum absolute atomic E-state index is 0.525. The molecule has 3 heteroatoms. The second-order valence-electron chi connectivity index (χ2n) is 8.22. The first-order chi connectivity index (χ1) is 13.9. The molecule has 0 fully saturated rings. The molecule has 0 saturated carbocycles. The van der Waals surface area contributed by atoms with Crippen molar-refractivity contribution in [2.24, 2.45) is 5.92 Å². The average molecular weight is 462 g/mol. The summed E-state index contributed by atoms with van der Waals surface area (Å²) in [6.07, 6.45) is 2.29. The molecule has 162 valence electrons. The Bertz CT molecular complexity index is 687. The Morgan fingerprint density at radius 3 is 2.14 bits per heavy atom. The molecule has 0 aromatic heterocycles. The molecular formula is C26H41BrN2. The van der Waals surface area contributed by atoms with Gasteiger partial charge in [0.2, 0.25) is 0 Å². The summed E-state index contributed by atoms with van der Waals surface area (Å²) in [5, 5.41) is 0. The first-order valence-corrected chi connectivity index (χ1v) is 11.9. The van der Waals surface area contributed by atoms with Gasteiger partial charge in [-0.05, 0) is 55.6 Å². The summed E-state index contributed by atoms with van der Waals surface area (Å²) in [5.41, 5.74) is 4.19. The van der Waals surface area contributed by atoms with Crippen LogP contribution in [0.5, 0.6) is 0 Å². The monoisotopic (exact) mass is 460 g/mol. The topological polar surface area (TPSA) is 6.48 Å². The summed E-state index contributed by atoms with van der Waals surface area (Å²) >= 11 is 3.75. The fraction of sp³-hybridized carbons (Fsp3) is 0.538. The molecule has 2 aromatic rings. The van der Waals surface area contributed by atoms with Crippen LogP contribution in [0.3, 0.4) is 0 Å². The van der Waals surface area contributed by atoms with Crippen molar-refractivity contribution in [2.45, 2.75) is 66.6 Å². The molecule has 0 aliphatic rings.